The zero-order valence-electron chi connectivity index (χ0n) is 14.7. The molecule has 0 aliphatic rings. The molecule has 0 fully saturated rings. The van der Waals surface area contributed by atoms with Crippen molar-refractivity contribution in [3.8, 4) is 11.4 Å². The van der Waals surface area contributed by atoms with Crippen LogP contribution in [0, 0.1) is 5.92 Å². The van der Waals surface area contributed by atoms with Gasteiger partial charge in [-0.05, 0) is 29.3 Å². The lowest BCUT2D eigenvalue weighted by Gasteiger charge is -2.10. The van der Waals surface area contributed by atoms with Crippen LogP contribution in [0.3, 0.4) is 0 Å². The number of aryl methyl sites for hydroxylation is 2. The van der Waals surface area contributed by atoms with Gasteiger partial charge in [0.2, 0.25) is 11.7 Å². The Morgan fingerprint density at radius 3 is 2.58 bits per heavy atom. The first kappa shape index (κ1) is 17.8. The van der Waals surface area contributed by atoms with Crippen molar-refractivity contribution in [1.82, 2.24) is 20.2 Å². The van der Waals surface area contributed by atoms with Crippen molar-refractivity contribution in [2.24, 2.45) is 11.7 Å². The van der Waals surface area contributed by atoms with Crippen LogP contribution >= 0.6 is 0 Å². The number of nitrogens with one attached hydrogen (secondary N) is 1. The molecule has 0 saturated carbocycles. The standard InChI is InChI=1S/C19H22N6O/c1-14(13-20)19(26)21-17-9-7-15(8-10-17)11-12-25-23-18(22-24-25)16-5-3-2-4-6-16/h2-10,14H,11-13,20H2,1H3,(H,21,26). The van der Waals surface area contributed by atoms with Crippen LogP contribution in [0.2, 0.25) is 0 Å². The highest BCUT2D eigenvalue weighted by Crippen LogP contribution is 2.13. The molecule has 1 atom stereocenters. The van der Waals surface area contributed by atoms with Gasteiger partial charge in [0, 0.05) is 23.7 Å². The van der Waals surface area contributed by atoms with Gasteiger partial charge in [0.15, 0.2) is 0 Å². The number of tetrazole rings is 1. The highest BCUT2D eigenvalue weighted by Gasteiger charge is 2.10. The first-order chi connectivity index (χ1) is 12.7. The van der Waals surface area contributed by atoms with E-state index in [1.807, 2.05) is 54.6 Å². The van der Waals surface area contributed by atoms with E-state index in [0.29, 0.717) is 18.9 Å². The lowest BCUT2D eigenvalue weighted by molar-refractivity contribution is -0.119. The molecule has 2 aromatic carbocycles. The smallest absolute Gasteiger partial charge is 0.228 e. The van der Waals surface area contributed by atoms with Crippen LogP contribution in [0.5, 0.6) is 0 Å². The van der Waals surface area contributed by atoms with Gasteiger partial charge in [-0.15, -0.1) is 10.2 Å². The van der Waals surface area contributed by atoms with Gasteiger partial charge in [-0.3, -0.25) is 4.79 Å². The summed E-state index contributed by atoms with van der Waals surface area (Å²) >= 11 is 0. The van der Waals surface area contributed by atoms with Crippen LogP contribution in [0.4, 0.5) is 5.69 Å². The fourth-order valence-corrected chi connectivity index (χ4v) is 2.40. The first-order valence-corrected chi connectivity index (χ1v) is 8.59. The SMILES string of the molecule is CC(CN)C(=O)Nc1ccc(CCn2nnc(-c3ccccc3)n2)cc1. The molecule has 0 spiro atoms. The lowest BCUT2D eigenvalue weighted by atomic mass is 10.1. The van der Waals surface area contributed by atoms with E-state index in [9.17, 15) is 4.79 Å². The Kier molecular flexibility index (Phi) is 5.70. The van der Waals surface area contributed by atoms with Crippen molar-refractivity contribution in [2.75, 3.05) is 11.9 Å². The first-order valence-electron chi connectivity index (χ1n) is 8.59. The van der Waals surface area contributed by atoms with Gasteiger partial charge in [0.05, 0.1) is 6.54 Å². The van der Waals surface area contributed by atoms with Crippen molar-refractivity contribution in [3.63, 3.8) is 0 Å². The number of carbonyl (C=O) groups excluding carboxylic acids is 1. The fourth-order valence-electron chi connectivity index (χ4n) is 2.40. The maximum absolute atomic E-state index is 11.8. The molecule has 3 aromatic rings. The molecule has 134 valence electrons. The van der Waals surface area contributed by atoms with E-state index in [-0.39, 0.29) is 11.8 Å². The lowest BCUT2D eigenvalue weighted by Crippen LogP contribution is -2.26. The minimum absolute atomic E-state index is 0.0690. The normalized spacial score (nSPS) is 11.9. The number of hydrogen-bond donors (Lipinski definition) is 2. The third kappa shape index (κ3) is 4.52. The molecule has 0 radical (unpaired) electrons. The molecule has 1 heterocycles. The molecule has 0 saturated heterocycles. The van der Waals surface area contributed by atoms with Gasteiger partial charge in [0.25, 0.3) is 0 Å². The summed E-state index contributed by atoms with van der Waals surface area (Å²) in [6, 6.07) is 17.5. The summed E-state index contributed by atoms with van der Waals surface area (Å²) in [7, 11) is 0. The second-order valence-electron chi connectivity index (χ2n) is 6.15. The number of anilines is 1. The summed E-state index contributed by atoms with van der Waals surface area (Å²) in [5, 5.41) is 15.5. The van der Waals surface area contributed by atoms with E-state index in [0.717, 1.165) is 23.2 Å². The predicted molar refractivity (Wildman–Crippen MR) is 100 cm³/mol. The Balaban J connectivity index is 1.55. The molecule has 0 bridgehead atoms. The summed E-state index contributed by atoms with van der Waals surface area (Å²) < 4.78 is 0. The number of nitrogens with zero attached hydrogens (tertiary/aromatic N) is 4. The van der Waals surface area contributed by atoms with Gasteiger partial charge in [-0.25, -0.2) is 0 Å². The number of amides is 1. The van der Waals surface area contributed by atoms with Crippen LogP contribution in [-0.4, -0.2) is 32.7 Å². The van der Waals surface area contributed by atoms with Crippen molar-refractivity contribution in [3.05, 3.63) is 60.2 Å². The second-order valence-corrected chi connectivity index (χ2v) is 6.15. The molecular weight excluding hydrogens is 328 g/mol. The van der Waals surface area contributed by atoms with Gasteiger partial charge < -0.3 is 11.1 Å². The summed E-state index contributed by atoms with van der Waals surface area (Å²) in [5.74, 6) is 0.352. The third-order valence-electron chi connectivity index (χ3n) is 4.11. The van der Waals surface area contributed by atoms with Crippen molar-refractivity contribution >= 4 is 11.6 Å². The van der Waals surface area contributed by atoms with E-state index in [1.54, 1.807) is 11.7 Å². The van der Waals surface area contributed by atoms with Gasteiger partial charge >= 0.3 is 0 Å². The number of aromatic nitrogens is 4. The zero-order chi connectivity index (χ0) is 18.4. The number of carbonyl (C=O) groups is 1. The minimum Gasteiger partial charge on any atom is -0.330 e. The Hall–Kier alpha value is -3.06. The highest BCUT2D eigenvalue weighted by atomic mass is 16.1. The molecular formula is C19H22N6O. The molecule has 26 heavy (non-hydrogen) atoms. The molecule has 0 aliphatic carbocycles. The zero-order valence-corrected chi connectivity index (χ0v) is 14.7. The number of benzene rings is 2. The predicted octanol–water partition coefficient (Wildman–Crippen LogP) is 2.12. The molecule has 7 heteroatoms. The number of rotatable bonds is 7. The van der Waals surface area contributed by atoms with E-state index >= 15 is 0 Å². The van der Waals surface area contributed by atoms with Gasteiger partial charge in [0.1, 0.15) is 0 Å². The maximum Gasteiger partial charge on any atom is 0.228 e. The molecule has 1 aromatic heterocycles. The summed E-state index contributed by atoms with van der Waals surface area (Å²) in [4.78, 5) is 13.4. The molecule has 0 aliphatic heterocycles. The molecule has 7 nitrogen and oxygen atoms in total. The van der Waals surface area contributed by atoms with Crippen LogP contribution in [0.15, 0.2) is 54.6 Å². The van der Waals surface area contributed by atoms with E-state index in [2.05, 4.69) is 20.7 Å². The van der Waals surface area contributed by atoms with Crippen LogP contribution in [0.1, 0.15) is 12.5 Å². The topological polar surface area (TPSA) is 98.7 Å². The molecule has 3 rings (SSSR count). The minimum atomic E-state index is -0.202. The van der Waals surface area contributed by atoms with Gasteiger partial charge in [-0.2, -0.15) is 4.80 Å². The maximum atomic E-state index is 11.8. The summed E-state index contributed by atoms with van der Waals surface area (Å²) in [5.41, 5.74) is 8.35. The Labute approximate surface area is 152 Å². The Bertz CT molecular complexity index is 844. The average Bonchev–Trinajstić information content (AvgIpc) is 3.16. The van der Waals surface area contributed by atoms with Crippen molar-refractivity contribution in [1.29, 1.82) is 0 Å². The van der Waals surface area contributed by atoms with Crippen molar-refractivity contribution < 1.29 is 4.79 Å². The molecule has 1 unspecified atom stereocenters. The molecule has 1 amide bonds. The van der Waals surface area contributed by atoms with Crippen LogP contribution in [-0.2, 0) is 17.8 Å². The van der Waals surface area contributed by atoms with E-state index < -0.39 is 0 Å². The molecule has 3 N–H and O–H groups in total. The fraction of sp³-hybridized carbons (Fsp3) is 0.263. The highest BCUT2D eigenvalue weighted by molar-refractivity contribution is 5.92. The summed E-state index contributed by atoms with van der Waals surface area (Å²) in [6.07, 6.45) is 0.776. The second kappa shape index (κ2) is 8.35. The van der Waals surface area contributed by atoms with Gasteiger partial charge in [-0.1, -0.05) is 49.4 Å². The third-order valence-corrected chi connectivity index (χ3v) is 4.11. The van der Waals surface area contributed by atoms with Crippen molar-refractivity contribution in [2.45, 2.75) is 19.9 Å². The monoisotopic (exact) mass is 350 g/mol. The average molecular weight is 350 g/mol. The van der Waals surface area contributed by atoms with E-state index in [4.69, 9.17) is 5.73 Å². The quantitative estimate of drug-likeness (QED) is 0.680. The largest absolute Gasteiger partial charge is 0.330 e. The Morgan fingerprint density at radius 2 is 1.88 bits per heavy atom. The number of nitrogens with two attached hydrogens (primary N) is 1. The van der Waals surface area contributed by atoms with Crippen LogP contribution in [0.25, 0.3) is 11.4 Å². The van der Waals surface area contributed by atoms with E-state index in [1.165, 1.54) is 0 Å². The Morgan fingerprint density at radius 1 is 1.15 bits per heavy atom. The summed E-state index contributed by atoms with van der Waals surface area (Å²) in [6.45, 7) is 2.77. The van der Waals surface area contributed by atoms with Crippen LogP contribution < -0.4 is 11.1 Å². The number of hydrogen-bond acceptors (Lipinski definition) is 5.